The van der Waals surface area contributed by atoms with Crippen LogP contribution in [0.1, 0.15) is 26.2 Å². The van der Waals surface area contributed by atoms with Crippen molar-refractivity contribution in [2.75, 3.05) is 37.7 Å². The van der Waals surface area contributed by atoms with Crippen LogP contribution in [0.4, 0.5) is 14.9 Å². The van der Waals surface area contributed by atoms with E-state index >= 15 is 0 Å². The Morgan fingerprint density at radius 1 is 1.41 bits per heavy atom. The Balaban J connectivity index is 1.57. The van der Waals surface area contributed by atoms with Crippen LogP contribution in [0.2, 0.25) is 0 Å². The molecule has 0 aromatic heterocycles. The van der Waals surface area contributed by atoms with Gasteiger partial charge in [-0.3, -0.25) is 9.69 Å². The van der Waals surface area contributed by atoms with E-state index in [0.29, 0.717) is 18.2 Å². The first kappa shape index (κ1) is 19.4. The Bertz CT molecular complexity index is 677. The molecule has 148 valence electrons. The minimum absolute atomic E-state index is 0.193. The Labute approximate surface area is 158 Å². The molecule has 2 aliphatic heterocycles. The van der Waals surface area contributed by atoms with Gasteiger partial charge in [0.1, 0.15) is 6.10 Å². The molecule has 1 unspecified atom stereocenters. The molecule has 1 aromatic carbocycles. The Hall–Kier alpha value is -2.35. The van der Waals surface area contributed by atoms with Gasteiger partial charge < -0.3 is 20.1 Å². The largest absolute Gasteiger partial charge is 0.490 e. The van der Waals surface area contributed by atoms with E-state index in [1.807, 2.05) is 0 Å². The van der Waals surface area contributed by atoms with Gasteiger partial charge in [-0.25, -0.2) is 9.18 Å². The maximum absolute atomic E-state index is 14.4. The van der Waals surface area contributed by atoms with Gasteiger partial charge in [-0.15, -0.1) is 0 Å². The fourth-order valence-corrected chi connectivity index (χ4v) is 3.34. The molecule has 2 amide bonds. The molecule has 2 N–H and O–H groups in total. The third-order valence-corrected chi connectivity index (χ3v) is 4.85. The molecule has 0 radical (unpaired) electrons. The Morgan fingerprint density at radius 2 is 2.26 bits per heavy atom. The maximum Gasteiger partial charge on any atom is 0.414 e. The number of carbonyl (C=O) groups excluding carboxylic acids is 2. The number of ether oxygens (including phenoxy) is 2. The summed E-state index contributed by atoms with van der Waals surface area (Å²) in [4.78, 5) is 24.4. The molecule has 2 aliphatic rings. The molecule has 7 nitrogen and oxygen atoms in total. The van der Waals surface area contributed by atoms with Crippen molar-refractivity contribution in [1.29, 1.82) is 0 Å². The number of hydrogen-bond donors (Lipinski definition) is 2. The third kappa shape index (κ3) is 5.32. The summed E-state index contributed by atoms with van der Waals surface area (Å²) in [6.45, 7) is 4.36. The number of nitrogens with zero attached hydrogens (tertiary/aromatic N) is 1. The predicted octanol–water partition coefficient (Wildman–Crippen LogP) is 2.06. The summed E-state index contributed by atoms with van der Waals surface area (Å²) in [5.41, 5.74) is 0.411. The highest BCUT2D eigenvalue weighted by Crippen LogP contribution is 2.28. The highest BCUT2D eigenvalue weighted by Gasteiger charge is 2.32. The van der Waals surface area contributed by atoms with Crippen LogP contribution in [-0.2, 0) is 9.53 Å². The van der Waals surface area contributed by atoms with Crippen LogP contribution in [0, 0.1) is 11.7 Å². The first-order valence-electron chi connectivity index (χ1n) is 9.38. The number of benzene rings is 1. The quantitative estimate of drug-likeness (QED) is 0.791. The van der Waals surface area contributed by atoms with Crippen molar-refractivity contribution in [1.82, 2.24) is 10.6 Å². The van der Waals surface area contributed by atoms with Crippen LogP contribution in [-0.4, -0.2) is 50.9 Å². The number of anilines is 1. The number of carbonyl (C=O) groups is 2. The molecule has 2 fully saturated rings. The number of hydrogen-bond acceptors (Lipinski definition) is 5. The van der Waals surface area contributed by atoms with Gasteiger partial charge in [-0.2, -0.15) is 0 Å². The summed E-state index contributed by atoms with van der Waals surface area (Å²) in [7, 11) is 0. The number of cyclic esters (lactones) is 1. The van der Waals surface area contributed by atoms with E-state index < -0.39 is 18.0 Å². The second-order valence-corrected chi connectivity index (χ2v) is 7.03. The van der Waals surface area contributed by atoms with Crippen molar-refractivity contribution in [2.24, 2.45) is 5.92 Å². The summed E-state index contributed by atoms with van der Waals surface area (Å²) in [6.07, 6.45) is 2.19. The van der Waals surface area contributed by atoms with E-state index in [2.05, 4.69) is 10.6 Å². The first-order chi connectivity index (χ1) is 13.0. The second-order valence-electron chi connectivity index (χ2n) is 7.03. The van der Waals surface area contributed by atoms with Crippen LogP contribution in [0.3, 0.4) is 0 Å². The van der Waals surface area contributed by atoms with E-state index in [9.17, 15) is 14.0 Å². The standard InChI is InChI=1S/C19H26FN3O4/c1-13(24)22-10-16-11-23(19(25)27-16)15-4-5-18(17(20)9-15)26-12-14-3-2-7-21-8-6-14/h4-5,9,14,16,21H,2-3,6-8,10-12H2,1H3,(H,22,24)/t14?,16-/m0/s1. The zero-order valence-corrected chi connectivity index (χ0v) is 15.5. The Kier molecular flexibility index (Phi) is 6.49. The minimum Gasteiger partial charge on any atom is -0.490 e. The lowest BCUT2D eigenvalue weighted by Gasteiger charge is -2.17. The van der Waals surface area contributed by atoms with E-state index in [1.165, 1.54) is 17.9 Å². The average Bonchev–Trinajstić information content (AvgIpc) is 2.83. The molecule has 27 heavy (non-hydrogen) atoms. The SMILES string of the molecule is CC(=O)NC[C@H]1CN(c2ccc(OCC3CCCNCC3)c(F)c2)C(=O)O1. The van der Waals surface area contributed by atoms with Gasteiger partial charge in [0, 0.05) is 13.0 Å². The minimum atomic E-state index is -0.552. The molecular formula is C19H26FN3O4. The topological polar surface area (TPSA) is 79.9 Å². The van der Waals surface area contributed by atoms with E-state index in [0.717, 1.165) is 32.4 Å². The Morgan fingerprint density at radius 3 is 3.04 bits per heavy atom. The van der Waals surface area contributed by atoms with Gasteiger partial charge in [0.15, 0.2) is 11.6 Å². The summed E-state index contributed by atoms with van der Waals surface area (Å²) in [5.74, 6) is -0.0839. The van der Waals surface area contributed by atoms with Gasteiger partial charge in [-0.05, 0) is 50.4 Å². The van der Waals surface area contributed by atoms with Crippen molar-refractivity contribution in [3.05, 3.63) is 24.0 Å². The third-order valence-electron chi connectivity index (χ3n) is 4.85. The average molecular weight is 379 g/mol. The molecular weight excluding hydrogens is 353 g/mol. The summed E-state index contributed by atoms with van der Waals surface area (Å²) in [5, 5.41) is 5.96. The molecule has 0 spiro atoms. The van der Waals surface area contributed by atoms with Gasteiger partial charge in [-0.1, -0.05) is 0 Å². The number of rotatable bonds is 6. The summed E-state index contributed by atoms with van der Waals surface area (Å²) in [6, 6.07) is 4.48. The maximum atomic E-state index is 14.4. The lowest BCUT2D eigenvalue weighted by Crippen LogP contribution is -2.33. The molecule has 0 aliphatic carbocycles. The first-order valence-corrected chi connectivity index (χ1v) is 9.38. The molecule has 8 heteroatoms. The molecule has 2 atom stereocenters. The van der Waals surface area contributed by atoms with Crippen LogP contribution in [0.25, 0.3) is 0 Å². The van der Waals surface area contributed by atoms with Gasteiger partial charge in [0.05, 0.1) is 25.4 Å². The molecule has 0 saturated carbocycles. The van der Waals surface area contributed by atoms with Gasteiger partial charge >= 0.3 is 6.09 Å². The van der Waals surface area contributed by atoms with E-state index in [-0.39, 0.29) is 24.7 Å². The van der Waals surface area contributed by atoms with Crippen molar-refractivity contribution >= 4 is 17.7 Å². The predicted molar refractivity (Wildman–Crippen MR) is 98.4 cm³/mol. The smallest absolute Gasteiger partial charge is 0.414 e. The fourth-order valence-electron chi connectivity index (χ4n) is 3.34. The molecule has 1 aromatic rings. The van der Waals surface area contributed by atoms with Crippen LogP contribution < -0.4 is 20.3 Å². The van der Waals surface area contributed by atoms with Crippen LogP contribution >= 0.6 is 0 Å². The second kappa shape index (κ2) is 9.03. The molecule has 2 heterocycles. The lowest BCUT2D eigenvalue weighted by molar-refractivity contribution is -0.119. The normalized spacial score (nSPS) is 22.9. The fraction of sp³-hybridized carbons (Fsp3) is 0.579. The number of amides is 2. The number of nitrogens with one attached hydrogen (secondary N) is 2. The highest BCUT2D eigenvalue weighted by atomic mass is 19.1. The van der Waals surface area contributed by atoms with Crippen LogP contribution in [0.15, 0.2) is 18.2 Å². The lowest BCUT2D eigenvalue weighted by atomic mass is 10.0. The van der Waals surface area contributed by atoms with Crippen molar-refractivity contribution in [3.63, 3.8) is 0 Å². The molecule has 2 saturated heterocycles. The molecule has 3 rings (SSSR count). The zero-order chi connectivity index (χ0) is 19.2. The monoisotopic (exact) mass is 379 g/mol. The van der Waals surface area contributed by atoms with Crippen LogP contribution in [0.5, 0.6) is 5.75 Å². The van der Waals surface area contributed by atoms with E-state index in [1.54, 1.807) is 12.1 Å². The summed E-state index contributed by atoms with van der Waals surface area (Å²) < 4.78 is 25.3. The number of halogens is 1. The molecule has 0 bridgehead atoms. The highest BCUT2D eigenvalue weighted by molar-refractivity contribution is 5.89. The summed E-state index contributed by atoms with van der Waals surface area (Å²) >= 11 is 0. The van der Waals surface area contributed by atoms with Gasteiger partial charge in [0.25, 0.3) is 0 Å². The van der Waals surface area contributed by atoms with Crippen molar-refractivity contribution in [2.45, 2.75) is 32.3 Å². The van der Waals surface area contributed by atoms with Crippen molar-refractivity contribution in [3.8, 4) is 5.75 Å². The van der Waals surface area contributed by atoms with Crippen molar-refractivity contribution < 1.29 is 23.5 Å². The van der Waals surface area contributed by atoms with E-state index in [4.69, 9.17) is 9.47 Å². The zero-order valence-electron chi connectivity index (χ0n) is 15.5. The van der Waals surface area contributed by atoms with Gasteiger partial charge in [0.2, 0.25) is 5.91 Å².